The molecule has 0 aliphatic heterocycles. The van der Waals surface area contributed by atoms with E-state index in [0.717, 1.165) is 5.56 Å². The summed E-state index contributed by atoms with van der Waals surface area (Å²) in [5, 5.41) is 3.46. The molecule has 0 fully saturated rings. The van der Waals surface area contributed by atoms with Crippen LogP contribution in [0.25, 0.3) is 11.1 Å². The highest BCUT2D eigenvalue weighted by atomic mass is 35.5. The zero-order chi connectivity index (χ0) is 16.4. The lowest BCUT2D eigenvalue weighted by Gasteiger charge is -2.05. The molecule has 0 radical (unpaired) electrons. The van der Waals surface area contributed by atoms with Gasteiger partial charge in [-0.05, 0) is 36.2 Å². The number of carbonyl (C=O) groups is 1. The maximum atomic E-state index is 12.0. The molecule has 1 amide bonds. The molecule has 3 aromatic rings. The summed E-state index contributed by atoms with van der Waals surface area (Å²) in [6, 6.07) is 12.6. The Morgan fingerprint density at radius 2 is 2.09 bits per heavy atom. The van der Waals surface area contributed by atoms with Gasteiger partial charge in [-0.1, -0.05) is 23.7 Å². The van der Waals surface area contributed by atoms with Crippen LogP contribution in [0.2, 0.25) is 5.02 Å². The number of nitrogens with zero attached hydrogens (tertiary/aromatic N) is 1. The van der Waals surface area contributed by atoms with E-state index in [2.05, 4.69) is 5.32 Å². The first-order valence-corrected chi connectivity index (χ1v) is 7.54. The summed E-state index contributed by atoms with van der Waals surface area (Å²) in [5.74, 6) is -0.535. The monoisotopic (exact) mass is 330 g/mol. The number of fused-ring (bicyclic) bond motifs is 1. The number of carbonyl (C=O) groups excluding carboxylic acids is 1. The van der Waals surface area contributed by atoms with Gasteiger partial charge >= 0.3 is 5.76 Å². The fourth-order valence-corrected chi connectivity index (χ4v) is 2.60. The van der Waals surface area contributed by atoms with Crippen molar-refractivity contribution >= 4 is 34.3 Å². The number of aryl methyl sites for hydroxylation is 2. The number of halogens is 1. The van der Waals surface area contributed by atoms with Gasteiger partial charge in [0.1, 0.15) is 0 Å². The van der Waals surface area contributed by atoms with Gasteiger partial charge in [-0.3, -0.25) is 9.36 Å². The summed E-state index contributed by atoms with van der Waals surface area (Å²) in [6.07, 6.45) is 0.951. The summed E-state index contributed by atoms with van der Waals surface area (Å²) in [5.41, 5.74) is 2.75. The van der Waals surface area contributed by atoms with E-state index in [1.165, 1.54) is 4.57 Å². The average molecular weight is 331 g/mol. The zero-order valence-electron chi connectivity index (χ0n) is 12.5. The van der Waals surface area contributed by atoms with Crippen molar-refractivity contribution in [3.05, 3.63) is 63.6 Å². The van der Waals surface area contributed by atoms with E-state index in [-0.39, 0.29) is 5.91 Å². The molecule has 0 saturated heterocycles. The van der Waals surface area contributed by atoms with Crippen molar-refractivity contribution in [3.8, 4) is 0 Å². The highest BCUT2D eigenvalue weighted by Gasteiger charge is 2.08. The number of rotatable bonds is 4. The summed E-state index contributed by atoms with van der Waals surface area (Å²) >= 11 is 5.92. The molecule has 0 bridgehead atoms. The molecule has 0 aliphatic carbocycles. The molecule has 1 N–H and O–H groups in total. The normalized spacial score (nSPS) is 10.9. The fraction of sp³-hybridized carbons (Fsp3) is 0.176. The van der Waals surface area contributed by atoms with Gasteiger partial charge < -0.3 is 9.73 Å². The Morgan fingerprint density at radius 3 is 2.87 bits per heavy atom. The molecule has 1 heterocycles. The van der Waals surface area contributed by atoms with Crippen LogP contribution in [-0.4, -0.2) is 10.5 Å². The Bertz CT molecular complexity index is 927. The highest BCUT2D eigenvalue weighted by molar-refractivity contribution is 6.30. The van der Waals surface area contributed by atoms with Crippen molar-refractivity contribution in [2.75, 3.05) is 5.32 Å². The first-order valence-electron chi connectivity index (χ1n) is 7.17. The molecule has 0 atom stereocenters. The van der Waals surface area contributed by atoms with Crippen molar-refractivity contribution in [2.24, 2.45) is 7.05 Å². The van der Waals surface area contributed by atoms with Crippen LogP contribution in [0.5, 0.6) is 0 Å². The minimum atomic E-state index is -0.426. The van der Waals surface area contributed by atoms with Crippen LogP contribution in [0, 0.1) is 0 Å². The third kappa shape index (κ3) is 3.46. The van der Waals surface area contributed by atoms with Crippen molar-refractivity contribution in [2.45, 2.75) is 12.8 Å². The van der Waals surface area contributed by atoms with Gasteiger partial charge in [-0.2, -0.15) is 0 Å². The Kier molecular flexibility index (Phi) is 4.21. The van der Waals surface area contributed by atoms with Gasteiger partial charge in [0.15, 0.2) is 5.58 Å². The Morgan fingerprint density at radius 1 is 1.26 bits per heavy atom. The lowest BCUT2D eigenvalue weighted by atomic mass is 10.1. The molecule has 6 heteroatoms. The Labute approximate surface area is 137 Å². The maximum absolute atomic E-state index is 12.0. The SMILES string of the molecule is Cn1c(=O)oc2cc(NC(=O)CCc3cccc(Cl)c3)ccc21. The van der Waals surface area contributed by atoms with Gasteiger partial charge in [0.2, 0.25) is 5.91 Å². The fourth-order valence-electron chi connectivity index (χ4n) is 2.39. The second kappa shape index (κ2) is 6.30. The van der Waals surface area contributed by atoms with Crippen molar-refractivity contribution in [1.29, 1.82) is 0 Å². The van der Waals surface area contributed by atoms with Gasteiger partial charge in [0, 0.05) is 30.2 Å². The van der Waals surface area contributed by atoms with Gasteiger partial charge in [-0.15, -0.1) is 0 Å². The van der Waals surface area contributed by atoms with E-state index < -0.39 is 5.76 Å². The standard InChI is InChI=1S/C17H15ClN2O3/c1-20-14-7-6-13(10-15(14)23-17(20)22)19-16(21)8-5-11-3-2-4-12(18)9-11/h2-4,6-7,9-10H,5,8H2,1H3,(H,19,21). The second-order valence-electron chi connectivity index (χ2n) is 5.29. The molecule has 23 heavy (non-hydrogen) atoms. The summed E-state index contributed by atoms with van der Waals surface area (Å²) in [6.45, 7) is 0. The smallest absolute Gasteiger partial charge is 0.408 e. The third-order valence-corrected chi connectivity index (χ3v) is 3.84. The minimum absolute atomic E-state index is 0.109. The summed E-state index contributed by atoms with van der Waals surface area (Å²) < 4.78 is 6.52. The number of anilines is 1. The number of hydrogen-bond acceptors (Lipinski definition) is 3. The lowest BCUT2D eigenvalue weighted by Crippen LogP contribution is -2.12. The number of amides is 1. The van der Waals surface area contributed by atoms with E-state index in [1.807, 2.05) is 18.2 Å². The van der Waals surface area contributed by atoms with Crippen LogP contribution in [0.15, 0.2) is 51.7 Å². The van der Waals surface area contributed by atoms with E-state index in [9.17, 15) is 9.59 Å². The molecular formula is C17H15ClN2O3. The molecular weight excluding hydrogens is 316 g/mol. The van der Waals surface area contributed by atoms with E-state index in [1.54, 1.807) is 31.3 Å². The van der Waals surface area contributed by atoms with Gasteiger partial charge in [0.05, 0.1) is 5.52 Å². The van der Waals surface area contributed by atoms with Gasteiger partial charge in [0.25, 0.3) is 0 Å². The molecule has 0 unspecified atom stereocenters. The lowest BCUT2D eigenvalue weighted by molar-refractivity contribution is -0.116. The van der Waals surface area contributed by atoms with Crippen molar-refractivity contribution in [1.82, 2.24) is 4.57 Å². The molecule has 3 rings (SSSR count). The molecule has 118 valence electrons. The van der Waals surface area contributed by atoms with Crippen LogP contribution >= 0.6 is 11.6 Å². The van der Waals surface area contributed by atoms with E-state index in [0.29, 0.717) is 34.7 Å². The van der Waals surface area contributed by atoms with E-state index >= 15 is 0 Å². The van der Waals surface area contributed by atoms with Crippen LogP contribution in [0.4, 0.5) is 5.69 Å². The predicted molar refractivity (Wildman–Crippen MR) is 89.9 cm³/mol. The molecule has 0 aliphatic rings. The Hall–Kier alpha value is -2.53. The molecule has 2 aromatic carbocycles. The quantitative estimate of drug-likeness (QED) is 0.797. The molecule has 5 nitrogen and oxygen atoms in total. The van der Waals surface area contributed by atoms with Crippen LogP contribution in [-0.2, 0) is 18.3 Å². The number of aromatic nitrogens is 1. The van der Waals surface area contributed by atoms with E-state index in [4.69, 9.17) is 16.0 Å². The third-order valence-electron chi connectivity index (χ3n) is 3.61. The first-order chi connectivity index (χ1) is 11.0. The Balaban J connectivity index is 1.67. The van der Waals surface area contributed by atoms with Crippen LogP contribution < -0.4 is 11.1 Å². The largest absolute Gasteiger partial charge is 0.419 e. The molecule has 1 aromatic heterocycles. The molecule has 0 spiro atoms. The average Bonchev–Trinajstić information content (AvgIpc) is 2.80. The van der Waals surface area contributed by atoms with Crippen molar-refractivity contribution in [3.63, 3.8) is 0 Å². The second-order valence-corrected chi connectivity index (χ2v) is 5.72. The zero-order valence-corrected chi connectivity index (χ0v) is 13.3. The van der Waals surface area contributed by atoms with Crippen LogP contribution in [0.1, 0.15) is 12.0 Å². The van der Waals surface area contributed by atoms with Crippen LogP contribution in [0.3, 0.4) is 0 Å². The summed E-state index contributed by atoms with van der Waals surface area (Å²) in [7, 11) is 1.64. The number of oxazole rings is 1. The number of nitrogens with one attached hydrogen (secondary N) is 1. The highest BCUT2D eigenvalue weighted by Crippen LogP contribution is 2.18. The number of hydrogen-bond donors (Lipinski definition) is 1. The topological polar surface area (TPSA) is 64.2 Å². The summed E-state index contributed by atoms with van der Waals surface area (Å²) in [4.78, 5) is 23.5. The molecule has 0 saturated carbocycles. The van der Waals surface area contributed by atoms with Crippen molar-refractivity contribution < 1.29 is 9.21 Å². The number of benzene rings is 2. The first kappa shape index (κ1) is 15.4. The predicted octanol–water partition coefficient (Wildman–Crippen LogP) is 3.36. The maximum Gasteiger partial charge on any atom is 0.419 e. The van der Waals surface area contributed by atoms with Gasteiger partial charge in [-0.25, -0.2) is 4.79 Å². The minimum Gasteiger partial charge on any atom is -0.408 e.